The van der Waals surface area contributed by atoms with E-state index in [0.29, 0.717) is 24.2 Å². The fraction of sp³-hybridized carbons (Fsp3) is 0.316. The average Bonchev–Trinajstić information content (AvgIpc) is 3.00. The smallest absolute Gasteiger partial charge is 0.548 e. The number of fused-ring (bicyclic) bond motifs is 1. The van der Waals surface area contributed by atoms with Gasteiger partial charge in [0.15, 0.2) is 0 Å². The van der Waals surface area contributed by atoms with E-state index in [-0.39, 0.29) is 70.4 Å². The van der Waals surface area contributed by atoms with Crippen molar-refractivity contribution in [2.45, 2.75) is 24.5 Å². The van der Waals surface area contributed by atoms with Crippen LogP contribution in [0.1, 0.15) is 17.5 Å². The molecule has 0 fully saturated rings. The van der Waals surface area contributed by atoms with E-state index >= 15 is 0 Å². The molecule has 0 aliphatic heterocycles. The van der Waals surface area contributed by atoms with Gasteiger partial charge in [-0.15, -0.1) is 0 Å². The first-order chi connectivity index (χ1) is 12.0. The Bertz CT molecular complexity index is 755. The fourth-order valence-corrected chi connectivity index (χ4v) is 3.15. The van der Waals surface area contributed by atoms with Crippen LogP contribution >= 0.6 is 0 Å². The minimum absolute atomic E-state index is 0. The maximum atomic E-state index is 12.8. The zero-order valence-electron chi connectivity index (χ0n) is 14.6. The standard InChI is InChI=1S/C19H20FNO4.K/c20-14-5-7-16(8-6-14)25-12-15(22)11-21-19(18(23)24)10-9-13-3-1-2-4-17(13)19;/h1-8,15,21-22H,9-12H2,(H,23,24);/q;+1/p-1. The Morgan fingerprint density at radius 1 is 1.27 bits per heavy atom. The van der Waals surface area contributed by atoms with Gasteiger partial charge in [-0.1, -0.05) is 24.3 Å². The molecule has 5 nitrogen and oxygen atoms in total. The molecule has 0 saturated heterocycles. The minimum Gasteiger partial charge on any atom is -0.548 e. The number of carboxylic acids is 1. The van der Waals surface area contributed by atoms with E-state index in [4.69, 9.17) is 4.74 Å². The molecular formula is C19H19FKNO4. The van der Waals surface area contributed by atoms with E-state index < -0.39 is 17.6 Å². The normalized spacial score (nSPS) is 19.3. The van der Waals surface area contributed by atoms with Crippen molar-refractivity contribution >= 4 is 5.97 Å². The van der Waals surface area contributed by atoms with Crippen LogP contribution in [0.5, 0.6) is 5.75 Å². The van der Waals surface area contributed by atoms with Crippen LogP contribution in [0, 0.1) is 5.82 Å². The Morgan fingerprint density at radius 3 is 2.65 bits per heavy atom. The van der Waals surface area contributed by atoms with Gasteiger partial charge in [-0.25, -0.2) is 4.39 Å². The third-order valence-corrected chi connectivity index (χ3v) is 4.49. The van der Waals surface area contributed by atoms with Crippen molar-refractivity contribution in [2.75, 3.05) is 13.2 Å². The van der Waals surface area contributed by atoms with Crippen LogP contribution in [0.15, 0.2) is 48.5 Å². The van der Waals surface area contributed by atoms with Crippen molar-refractivity contribution in [3.63, 3.8) is 0 Å². The third-order valence-electron chi connectivity index (χ3n) is 4.49. The summed E-state index contributed by atoms with van der Waals surface area (Å²) in [6, 6.07) is 12.8. The minimum atomic E-state index is -1.30. The summed E-state index contributed by atoms with van der Waals surface area (Å²) in [7, 11) is 0. The zero-order chi connectivity index (χ0) is 17.9. The molecule has 1 aliphatic rings. The van der Waals surface area contributed by atoms with Crippen LogP contribution in [0.4, 0.5) is 4.39 Å². The predicted molar refractivity (Wildman–Crippen MR) is 87.4 cm³/mol. The summed E-state index contributed by atoms with van der Waals surface area (Å²) >= 11 is 0. The molecule has 0 amide bonds. The van der Waals surface area contributed by atoms with Gasteiger partial charge in [0, 0.05) is 6.54 Å². The molecule has 132 valence electrons. The molecule has 0 spiro atoms. The molecular weight excluding hydrogens is 364 g/mol. The van der Waals surface area contributed by atoms with Gasteiger partial charge >= 0.3 is 51.4 Å². The Labute approximate surface area is 194 Å². The van der Waals surface area contributed by atoms with Gasteiger partial charge in [0.05, 0.1) is 11.5 Å². The summed E-state index contributed by atoms with van der Waals surface area (Å²) in [5.41, 5.74) is 0.353. The number of ether oxygens (including phenoxy) is 1. The van der Waals surface area contributed by atoms with Gasteiger partial charge in [0.1, 0.15) is 24.3 Å². The molecule has 2 aromatic rings. The van der Waals surface area contributed by atoms with Gasteiger partial charge in [-0.2, -0.15) is 0 Å². The molecule has 7 heteroatoms. The molecule has 0 aromatic heterocycles. The number of carbonyl (C=O) groups is 1. The maximum Gasteiger partial charge on any atom is 1.00 e. The van der Waals surface area contributed by atoms with Crippen molar-refractivity contribution in [1.82, 2.24) is 5.32 Å². The molecule has 0 heterocycles. The second-order valence-corrected chi connectivity index (χ2v) is 6.15. The summed E-state index contributed by atoms with van der Waals surface area (Å²) in [4.78, 5) is 11.8. The quantitative estimate of drug-likeness (QED) is 0.528. The first-order valence-corrected chi connectivity index (χ1v) is 8.12. The van der Waals surface area contributed by atoms with E-state index in [2.05, 4.69) is 5.32 Å². The maximum absolute atomic E-state index is 12.8. The van der Waals surface area contributed by atoms with Gasteiger partial charge in [-0.3, -0.25) is 5.32 Å². The van der Waals surface area contributed by atoms with Gasteiger partial charge in [0.25, 0.3) is 0 Å². The molecule has 26 heavy (non-hydrogen) atoms. The van der Waals surface area contributed by atoms with Crippen LogP contribution in [-0.2, 0) is 16.8 Å². The van der Waals surface area contributed by atoms with Gasteiger partial charge < -0.3 is 19.7 Å². The number of aliphatic hydroxyl groups is 1. The number of benzene rings is 2. The topological polar surface area (TPSA) is 81.6 Å². The zero-order valence-corrected chi connectivity index (χ0v) is 17.7. The van der Waals surface area contributed by atoms with Crippen molar-refractivity contribution in [3.8, 4) is 5.75 Å². The van der Waals surface area contributed by atoms with Crippen LogP contribution in [0.3, 0.4) is 0 Å². The molecule has 3 rings (SSSR count). The van der Waals surface area contributed by atoms with Crippen LogP contribution < -0.4 is 66.5 Å². The predicted octanol–water partition coefficient (Wildman–Crippen LogP) is -2.25. The molecule has 1 aliphatic carbocycles. The second kappa shape index (κ2) is 9.41. The number of hydrogen-bond acceptors (Lipinski definition) is 5. The second-order valence-electron chi connectivity index (χ2n) is 6.15. The number of rotatable bonds is 7. The summed E-state index contributed by atoms with van der Waals surface area (Å²) in [5.74, 6) is -1.14. The van der Waals surface area contributed by atoms with E-state index in [1.54, 1.807) is 12.1 Å². The van der Waals surface area contributed by atoms with Crippen molar-refractivity contribution in [2.24, 2.45) is 0 Å². The molecule has 2 aromatic carbocycles. The number of aryl methyl sites for hydroxylation is 1. The molecule has 0 bridgehead atoms. The summed E-state index contributed by atoms with van der Waals surface area (Å²) in [5, 5.41) is 24.8. The Kier molecular flexibility index (Phi) is 7.78. The number of carbonyl (C=O) groups excluding carboxylic acids is 1. The largest absolute Gasteiger partial charge is 1.00 e. The summed E-state index contributed by atoms with van der Waals surface area (Å²) in [6.45, 7) is -0.00703. The van der Waals surface area contributed by atoms with Crippen molar-refractivity contribution in [3.05, 3.63) is 65.5 Å². The van der Waals surface area contributed by atoms with E-state index in [1.165, 1.54) is 24.3 Å². The molecule has 2 atom stereocenters. The van der Waals surface area contributed by atoms with Crippen molar-refractivity contribution in [1.29, 1.82) is 0 Å². The number of hydrogen-bond donors (Lipinski definition) is 2. The SMILES string of the molecule is O=C([O-])C1(NCC(O)COc2ccc(F)cc2)CCc2ccccc21.[K+]. The summed E-state index contributed by atoms with van der Waals surface area (Å²) < 4.78 is 18.2. The summed E-state index contributed by atoms with van der Waals surface area (Å²) in [6.07, 6.45) is 0.0913. The number of halogens is 1. The Balaban J connectivity index is 0.00000243. The Morgan fingerprint density at radius 2 is 1.96 bits per heavy atom. The average molecular weight is 383 g/mol. The molecule has 0 radical (unpaired) electrons. The van der Waals surface area contributed by atoms with Crippen molar-refractivity contribution < 1.29 is 75.5 Å². The number of aliphatic carboxylic acids is 1. The number of carboxylic acid groups (broad SMARTS) is 1. The van der Waals surface area contributed by atoms with Gasteiger partial charge in [0.2, 0.25) is 0 Å². The van der Waals surface area contributed by atoms with Crippen LogP contribution in [0.2, 0.25) is 0 Å². The fourth-order valence-electron chi connectivity index (χ4n) is 3.15. The third kappa shape index (κ3) is 4.72. The van der Waals surface area contributed by atoms with E-state index in [0.717, 1.165) is 5.56 Å². The van der Waals surface area contributed by atoms with Crippen LogP contribution in [-0.4, -0.2) is 30.3 Å². The molecule has 0 saturated carbocycles. The Hall–Kier alpha value is -0.804. The number of aliphatic hydroxyl groups excluding tert-OH is 1. The first kappa shape index (κ1) is 21.5. The monoisotopic (exact) mass is 383 g/mol. The number of nitrogens with one attached hydrogen (secondary N) is 1. The van der Waals surface area contributed by atoms with E-state index in [1.807, 2.05) is 12.1 Å². The first-order valence-electron chi connectivity index (χ1n) is 8.12. The van der Waals surface area contributed by atoms with Crippen LogP contribution in [0.25, 0.3) is 0 Å². The van der Waals surface area contributed by atoms with Gasteiger partial charge in [-0.05, 0) is 48.2 Å². The molecule has 2 N–H and O–H groups in total. The molecule has 2 unspecified atom stereocenters. The van der Waals surface area contributed by atoms with E-state index in [9.17, 15) is 19.4 Å².